The maximum absolute atomic E-state index is 5.42. The molecular weight excluding hydrogens is 320 g/mol. The van der Waals surface area contributed by atoms with Crippen LogP contribution in [0.25, 0.3) is 0 Å². The molecule has 1 saturated carbocycles. The lowest BCUT2D eigenvalue weighted by Crippen LogP contribution is -2.43. The van der Waals surface area contributed by atoms with Gasteiger partial charge in [0.05, 0.1) is 5.69 Å². The van der Waals surface area contributed by atoms with E-state index in [-0.39, 0.29) is 0 Å². The highest BCUT2D eigenvalue weighted by Gasteiger charge is 2.21. The van der Waals surface area contributed by atoms with Crippen molar-refractivity contribution in [3.8, 4) is 0 Å². The van der Waals surface area contributed by atoms with E-state index in [0.717, 1.165) is 15.3 Å². The van der Waals surface area contributed by atoms with Gasteiger partial charge in [-0.3, -0.25) is 0 Å². The van der Waals surface area contributed by atoms with E-state index >= 15 is 0 Å². The molecule has 0 radical (unpaired) electrons. The normalized spacial score (nSPS) is 22.9. The summed E-state index contributed by atoms with van der Waals surface area (Å²) in [5.74, 6) is 0.704. The first-order chi connectivity index (χ1) is 9.06. The largest absolute Gasteiger partial charge is 0.359 e. The first-order valence-corrected chi connectivity index (χ1v) is 8.10. The Bertz CT molecular complexity index is 461. The van der Waals surface area contributed by atoms with Gasteiger partial charge in [0.15, 0.2) is 5.11 Å². The molecule has 2 nitrogen and oxygen atoms in total. The van der Waals surface area contributed by atoms with Crippen molar-refractivity contribution >= 4 is 38.9 Å². The van der Waals surface area contributed by atoms with E-state index in [4.69, 9.17) is 12.2 Å². The number of hydrogen-bond donors (Lipinski definition) is 2. The lowest BCUT2D eigenvalue weighted by atomic mass is 9.86. The van der Waals surface area contributed by atoms with Crippen molar-refractivity contribution in [2.45, 2.75) is 45.6 Å². The van der Waals surface area contributed by atoms with E-state index in [9.17, 15) is 0 Å². The van der Waals surface area contributed by atoms with Crippen molar-refractivity contribution in [1.82, 2.24) is 5.32 Å². The van der Waals surface area contributed by atoms with Crippen LogP contribution in [-0.4, -0.2) is 11.2 Å². The SMILES string of the molecule is Cc1ccc(NC(=S)N[C@@H]2CCCC[C@H]2C)c(Br)c1. The van der Waals surface area contributed by atoms with Crippen molar-refractivity contribution < 1.29 is 0 Å². The number of benzene rings is 1. The van der Waals surface area contributed by atoms with Crippen molar-refractivity contribution in [1.29, 1.82) is 0 Å². The van der Waals surface area contributed by atoms with Gasteiger partial charge < -0.3 is 10.6 Å². The highest BCUT2D eigenvalue weighted by atomic mass is 79.9. The van der Waals surface area contributed by atoms with Crippen LogP contribution in [0.2, 0.25) is 0 Å². The van der Waals surface area contributed by atoms with Crippen molar-refractivity contribution in [2.24, 2.45) is 5.92 Å². The quantitative estimate of drug-likeness (QED) is 0.768. The summed E-state index contributed by atoms with van der Waals surface area (Å²) in [6.45, 7) is 4.38. The van der Waals surface area contributed by atoms with Gasteiger partial charge in [0.25, 0.3) is 0 Å². The minimum Gasteiger partial charge on any atom is -0.359 e. The molecule has 0 spiro atoms. The zero-order chi connectivity index (χ0) is 13.8. The fourth-order valence-electron chi connectivity index (χ4n) is 2.58. The lowest BCUT2D eigenvalue weighted by molar-refractivity contribution is 0.309. The first kappa shape index (κ1) is 14.8. The summed E-state index contributed by atoms with van der Waals surface area (Å²) in [5, 5.41) is 7.46. The predicted octanol–water partition coefficient (Wildman–Crippen LogP) is 4.62. The predicted molar refractivity (Wildman–Crippen MR) is 89.7 cm³/mol. The summed E-state index contributed by atoms with van der Waals surface area (Å²) < 4.78 is 1.05. The monoisotopic (exact) mass is 340 g/mol. The van der Waals surface area contributed by atoms with Gasteiger partial charge in [-0.1, -0.05) is 25.8 Å². The average Bonchev–Trinajstić information content (AvgIpc) is 2.36. The van der Waals surface area contributed by atoms with Crippen LogP contribution in [0.1, 0.15) is 38.2 Å². The van der Waals surface area contributed by atoms with Crippen molar-refractivity contribution in [3.05, 3.63) is 28.2 Å². The molecule has 0 aliphatic heterocycles. The Morgan fingerprint density at radius 2 is 2.05 bits per heavy atom. The number of thiocarbonyl (C=S) groups is 1. The van der Waals surface area contributed by atoms with Gasteiger partial charge in [0, 0.05) is 10.5 Å². The van der Waals surface area contributed by atoms with Gasteiger partial charge in [-0.2, -0.15) is 0 Å². The lowest BCUT2D eigenvalue weighted by Gasteiger charge is -2.30. The second-order valence-electron chi connectivity index (χ2n) is 5.45. The molecule has 2 N–H and O–H groups in total. The molecule has 1 aromatic rings. The molecule has 1 fully saturated rings. The smallest absolute Gasteiger partial charge is 0.171 e. The van der Waals surface area contributed by atoms with Crippen molar-refractivity contribution in [2.75, 3.05) is 5.32 Å². The van der Waals surface area contributed by atoms with Crippen LogP contribution in [0, 0.1) is 12.8 Å². The van der Waals surface area contributed by atoms with Crippen LogP contribution >= 0.6 is 28.1 Å². The topological polar surface area (TPSA) is 24.1 Å². The molecule has 0 saturated heterocycles. The molecule has 0 aromatic heterocycles. The number of hydrogen-bond acceptors (Lipinski definition) is 1. The molecule has 1 aliphatic rings. The van der Waals surface area contributed by atoms with Crippen LogP contribution in [0.4, 0.5) is 5.69 Å². The number of anilines is 1. The fourth-order valence-corrected chi connectivity index (χ4v) is 3.43. The minimum atomic E-state index is 0.512. The van der Waals surface area contributed by atoms with E-state index in [1.165, 1.54) is 31.2 Å². The third-order valence-electron chi connectivity index (χ3n) is 3.80. The summed E-state index contributed by atoms with van der Waals surface area (Å²) in [4.78, 5) is 0. The molecule has 19 heavy (non-hydrogen) atoms. The highest BCUT2D eigenvalue weighted by molar-refractivity contribution is 9.10. The number of aryl methyl sites for hydroxylation is 1. The molecule has 0 unspecified atom stereocenters. The summed E-state index contributed by atoms with van der Waals surface area (Å²) in [6, 6.07) is 6.74. The number of nitrogens with one attached hydrogen (secondary N) is 2. The van der Waals surface area contributed by atoms with Crippen LogP contribution in [-0.2, 0) is 0 Å². The van der Waals surface area contributed by atoms with E-state index in [0.29, 0.717) is 12.0 Å². The average molecular weight is 341 g/mol. The van der Waals surface area contributed by atoms with E-state index in [2.05, 4.69) is 58.6 Å². The van der Waals surface area contributed by atoms with E-state index in [1.807, 2.05) is 0 Å². The molecule has 2 atom stereocenters. The Kier molecular flexibility index (Phi) is 5.22. The summed E-state index contributed by atoms with van der Waals surface area (Å²) in [6.07, 6.45) is 5.18. The molecule has 0 bridgehead atoms. The maximum atomic E-state index is 5.42. The molecule has 1 aliphatic carbocycles. The van der Waals surface area contributed by atoms with Crippen LogP contribution < -0.4 is 10.6 Å². The van der Waals surface area contributed by atoms with Gasteiger partial charge in [0.1, 0.15) is 0 Å². The van der Waals surface area contributed by atoms with Gasteiger partial charge in [-0.05, 0) is 71.5 Å². The summed E-state index contributed by atoms with van der Waals surface area (Å²) in [5.41, 5.74) is 2.25. The van der Waals surface area contributed by atoms with Crippen molar-refractivity contribution in [3.63, 3.8) is 0 Å². The fraction of sp³-hybridized carbons (Fsp3) is 0.533. The maximum Gasteiger partial charge on any atom is 0.171 e. The van der Waals surface area contributed by atoms with Crippen LogP contribution in [0.15, 0.2) is 22.7 Å². The van der Waals surface area contributed by atoms with E-state index in [1.54, 1.807) is 0 Å². The molecule has 0 amide bonds. The van der Waals surface area contributed by atoms with Crippen LogP contribution in [0.5, 0.6) is 0 Å². The Labute approximate surface area is 129 Å². The molecule has 1 aromatic carbocycles. The second kappa shape index (κ2) is 6.71. The molecule has 2 rings (SSSR count). The molecule has 4 heteroatoms. The summed E-state index contributed by atoms with van der Waals surface area (Å²) in [7, 11) is 0. The Morgan fingerprint density at radius 1 is 1.32 bits per heavy atom. The van der Waals surface area contributed by atoms with Gasteiger partial charge in [0.2, 0.25) is 0 Å². The second-order valence-corrected chi connectivity index (χ2v) is 6.71. The standard InChI is InChI=1S/C15H21BrN2S/c1-10-7-8-14(12(16)9-10)18-15(19)17-13-6-4-3-5-11(13)2/h7-9,11,13H,3-6H2,1-2H3,(H2,17,18,19)/t11-,13-/m1/s1. The van der Waals surface area contributed by atoms with Gasteiger partial charge in [-0.25, -0.2) is 0 Å². The zero-order valence-electron chi connectivity index (χ0n) is 11.5. The Balaban J connectivity index is 1.93. The molecule has 0 heterocycles. The number of halogens is 1. The Hall–Kier alpha value is -0.610. The van der Waals surface area contributed by atoms with E-state index < -0.39 is 0 Å². The zero-order valence-corrected chi connectivity index (χ0v) is 13.9. The minimum absolute atomic E-state index is 0.512. The molecular formula is C15H21BrN2S. The Morgan fingerprint density at radius 3 is 2.74 bits per heavy atom. The first-order valence-electron chi connectivity index (χ1n) is 6.90. The summed E-state index contributed by atoms with van der Waals surface area (Å²) >= 11 is 8.98. The van der Waals surface area contributed by atoms with Gasteiger partial charge >= 0.3 is 0 Å². The third-order valence-corrected chi connectivity index (χ3v) is 4.68. The van der Waals surface area contributed by atoms with Gasteiger partial charge in [-0.15, -0.1) is 0 Å². The third kappa shape index (κ3) is 4.18. The molecule has 104 valence electrons. The number of rotatable bonds is 2. The highest BCUT2D eigenvalue weighted by Crippen LogP contribution is 2.25. The van der Waals surface area contributed by atoms with Crippen LogP contribution in [0.3, 0.4) is 0 Å².